The van der Waals surface area contributed by atoms with Crippen LogP contribution in [0, 0.1) is 20.8 Å². The van der Waals surface area contributed by atoms with Crippen LogP contribution in [0.15, 0.2) is 48.7 Å². The normalized spacial score (nSPS) is 16.5. The van der Waals surface area contributed by atoms with Crippen LogP contribution in [0.1, 0.15) is 56.2 Å². The van der Waals surface area contributed by atoms with Crippen LogP contribution in [0.5, 0.6) is 11.6 Å². The second kappa shape index (κ2) is 13.0. The minimum Gasteiger partial charge on any atom is -0.488 e. The van der Waals surface area contributed by atoms with Crippen molar-refractivity contribution < 1.29 is 28.8 Å². The van der Waals surface area contributed by atoms with Gasteiger partial charge in [-0.25, -0.2) is 9.48 Å². The summed E-state index contributed by atoms with van der Waals surface area (Å²) in [5.74, 6) is -0.0633. The summed E-state index contributed by atoms with van der Waals surface area (Å²) in [6.45, 7) is 13.7. The Kier molecular flexibility index (Phi) is 8.94. The van der Waals surface area contributed by atoms with Crippen LogP contribution in [0.25, 0.3) is 16.8 Å². The molecule has 0 radical (unpaired) electrons. The number of carboxylic acid groups (broad SMARTS) is 1. The maximum atomic E-state index is 11.8. The number of benzene rings is 3. The van der Waals surface area contributed by atoms with Crippen LogP contribution in [0.3, 0.4) is 0 Å². The quantitative estimate of drug-likeness (QED) is 0.232. The van der Waals surface area contributed by atoms with E-state index in [-0.39, 0.29) is 17.5 Å². The first-order valence-electron chi connectivity index (χ1n) is 15.5. The van der Waals surface area contributed by atoms with Gasteiger partial charge in [0.1, 0.15) is 17.9 Å². The van der Waals surface area contributed by atoms with E-state index in [9.17, 15) is 9.90 Å². The van der Waals surface area contributed by atoms with Gasteiger partial charge in [-0.15, -0.1) is 0 Å². The van der Waals surface area contributed by atoms with Crippen molar-refractivity contribution in [1.82, 2.24) is 14.7 Å². The molecule has 3 aromatic carbocycles. The fraction of sp³-hybridized carbons (Fsp3) is 0.389. The predicted molar refractivity (Wildman–Crippen MR) is 172 cm³/mol. The summed E-state index contributed by atoms with van der Waals surface area (Å²) in [6, 6.07) is 14.4. The van der Waals surface area contributed by atoms with E-state index in [1.165, 1.54) is 41.1 Å². The molecule has 1 fully saturated rings. The molecule has 0 amide bonds. The van der Waals surface area contributed by atoms with Crippen LogP contribution < -0.4 is 9.47 Å². The number of rotatable bonds is 10. The molecule has 9 nitrogen and oxygen atoms in total. The summed E-state index contributed by atoms with van der Waals surface area (Å²) in [5, 5.41) is 14.0. The Hall–Kier alpha value is -4.18. The molecule has 1 saturated heterocycles. The van der Waals surface area contributed by atoms with Crippen LogP contribution in [0.2, 0.25) is 0 Å². The first kappa shape index (κ1) is 30.8. The topological polar surface area (TPSA) is 95.3 Å². The first-order chi connectivity index (χ1) is 21.8. The molecule has 0 saturated carbocycles. The van der Waals surface area contributed by atoms with Crippen LogP contribution in [-0.4, -0.2) is 65.3 Å². The Morgan fingerprint density at radius 1 is 1.04 bits per heavy atom. The number of carboxylic acids is 1. The van der Waals surface area contributed by atoms with E-state index in [1.54, 1.807) is 4.68 Å². The van der Waals surface area contributed by atoms with Gasteiger partial charge in [0.05, 0.1) is 44.9 Å². The summed E-state index contributed by atoms with van der Waals surface area (Å²) in [4.78, 5) is 14.2. The van der Waals surface area contributed by atoms with Gasteiger partial charge in [0.15, 0.2) is 0 Å². The molecular formula is C36H41N3O6. The third-order valence-corrected chi connectivity index (χ3v) is 9.03. The average Bonchev–Trinajstić information content (AvgIpc) is 3.68. The Bertz CT molecular complexity index is 1720. The Balaban J connectivity index is 1.29. The van der Waals surface area contributed by atoms with Gasteiger partial charge >= 0.3 is 5.97 Å². The smallest absolute Gasteiger partial charge is 0.342 e. The van der Waals surface area contributed by atoms with E-state index in [0.717, 1.165) is 53.3 Å². The number of aromatic nitrogens is 2. The number of nitrogens with zero attached hydrogens (tertiary/aromatic N) is 3. The molecular weight excluding hydrogens is 570 g/mol. The molecule has 4 aromatic rings. The minimum absolute atomic E-state index is 0.0176. The van der Waals surface area contributed by atoms with Crippen molar-refractivity contribution in [3.8, 4) is 28.4 Å². The number of carbonyl (C=O) groups is 1. The highest BCUT2D eigenvalue weighted by atomic mass is 16.6. The van der Waals surface area contributed by atoms with E-state index >= 15 is 0 Å². The molecule has 1 unspecified atom stereocenters. The average molecular weight is 612 g/mol. The SMILES string of the molecule is CCc1c(-c2cccc(C)c2OCc2cc(C)c3c(c2C)CN(CC2COCCO2)C3)cccc1-n1ncc(C(=O)O)c1OC. The fourth-order valence-corrected chi connectivity index (χ4v) is 6.72. The summed E-state index contributed by atoms with van der Waals surface area (Å²) >= 11 is 0. The molecule has 236 valence electrons. The van der Waals surface area contributed by atoms with Gasteiger partial charge < -0.3 is 24.1 Å². The zero-order valence-corrected chi connectivity index (χ0v) is 26.7. The van der Waals surface area contributed by atoms with E-state index in [4.69, 9.17) is 18.9 Å². The van der Waals surface area contributed by atoms with Crippen molar-refractivity contribution in [1.29, 1.82) is 0 Å². The van der Waals surface area contributed by atoms with Gasteiger partial charge in [0.2, 0.25) is 5.88 Å². The molecule has 9 heteroatoms. The molecule has 2 aliphatic rings. The van der Waals surface area contributed by atoms with E-state index in [1.807, 2.05) is 18.2 Å². The van der Waals surface area contributed by atoms with E-state index in [2.05, 4.69) is 62.0 Å². The predicted octanol–water partition coefficient (Wildman–Crippen LogP) is 6.04. The monoisotopic (exact) mass is 611 g/mol. The van der Waals surface area contributed by atoms with Crippen LogP contribution in [0.4, 0.5) is 0 Å². The second-order valence-electron chi connectivity index (χ2n) is 11.9. The van der Waals surface area contributed by atoms with Crippen molar-refractivity contribution in [2.45, 2.75) is 59.9 Å². The summed E-state index contributed by atoms with van der Waals surface area (Å²) < 4.78 is 25.3. The van der Waals surface area contributed by atoms with Gasteiger partial charge in [-0.3, -0.25) is 4.90 Å². The highest BCUT2D eigenvalue weighted by molar-refractivity contribution is 5.90. The Morgan fingerprint density at radius 3 is 2.56 bits per heavy atom. The molecule has 1 aromatic heterocycles. The molecule has 2 aliphatic heterocycles. The second-order valence-corrected chi connectivity index (χ2v) is 11.9. The van der Waals surface area contributed by atoms with Crippen molar-refractivity contribution in [3.63, 3.8) is 0 Å². The summed E-state index contributed by atoms with van der Waals surface area (Å²) in [5.41, 5.74) is 11.4. The third-order valence-electron chi connectivity index (χ3n) is 9.03. The van der Waals surface area contributed by atoms with Crippen molar-refractivity contribution in [3.05, 3.63) is 93.2 Å². The number of aromatic carboxylic acids is 1. The number of ether oxygens (including phenoxy) is 4. The molecule has 6 rings (SSSR count). The van der Waals surface area contributed by atoms with Gasteiger partial charge in [0, 0.05) is 25.2 Å². The van der Waals surface area contributed by atoms with Gasteiger partial charge in [-0.1, -0.05) is 43.3 Å². The number of aryl methyl sites for hydroxylation is 2. The molecule has 1 N–H and O–H groups in total. The van der Waals surface area contributed by atoms with Gasteiger partial charge in [-0.2, -0.15) is 5.10 Å². The highest BCUT2D eigenvalue weighted by Gasteiger charge is 2.28. The summed E-state index contributed by atoms with van der Waals surface area (Å²) in [6.07, 6.45) is 2.14. The van der Waals surface area contributed by atoms with Crippen molar-refractivity contribution in [2.75, 3.05) is 33.5 Å². The zero-order valence-electron chi connectivity index (χ0n) is 26.7. The number of fused-ring (bicyclic) bond motifs is 1. The Labute approximate surface area is 264 Å². The lowest BCUT2D eigenvalue weighted by Crippen LogP contribution is -2.37. The number of hydrogen-bond acceptors (Lipinski definition) is 7. The fourth-order valence-electron chi connectivity index (χ4n) is 6.72. The molecule has 3 heterocycles. The molecule has 45 heavy (non-hydrogen) atoms. The molecule has 0 bridgehead atoms. The van der Waals surface area contributed by atoms with Crippen LogP contribution >= 0.6 is 0 Å². The van der Waals surface area contributed by atoms with E-state index < -0.39 is 5.97 Å². The molecule has 1 atom stereocenters. The summed E-state index contributed by atoms with van der Waals surface area (Å²) in [7, 11) is 1.46. The highest BCUT2D eigenvalue weighted by Crippen LogP contribution is 2.39. The lowest BCUT2D eigenvalue weighted by Gasteiger charge is -2.27. The molecule has 0 aliphatic carbocycles. The lowest BCUT2D eigenvalue weighted by atomic mass is 9.94. The van der Waals surface area contributed by atoms with E-state index in [0.29, 0.717) is 32.8 Å². The zero-order chi connectivity index (χ0) is 31.7. The number of para-hydroxylation sites is 1. The lowest BCUT2D eigenvalue weighted by molar-refractivity contribution is -0.0980. The van der Waals surface area contributed by atoms with Crippen molar-refractivity contribution in [2.24, 2.45) is 0 Å². The molecule has 0 spiro atoms. The standard InChI is InChI=1S/C36H41N3O6/c1-6-27-28(10-8-12-33(27)39-35(42-5)30(16-37-39)36(40)41)29-11-7-9-22(2)34(29)45-20-25-15-23(3)31-18-38(19-32(31)24(25)4)17-26-21-43-13-14-44-26/h7-12,15-16,26H,6,13-14,17-21H2,1-5H3,(H,40,41). The van der Waals surface area contributed by atoms with Crippen LogP contribution in [-0.2, 0) is 35.6 Å². The minimum atomic E-state index is -1.08. The number of methoxy groups -OCH3 is 1. The van der Waals surface area contributed by atoms with Gasteiger partial charge in [-0.05, 0) is 77.8 Å². The van der Waals surface area contributed by atoms with Gasteiger partial charge in [0.25, 0.3) is 0 Å². The third kappa shape index (κ3) is 5.95. The largest absolute Gasteiger partial charge is 0.488 e. The Morgan fingerprint density at radius 2 is 1.82 bits per heavy atom. The number of hydrogen-bond donors (Lipinski definition) is 1. The maximum absolute atomic E-state index is 11.8. The van der Waals surface area contributed by atoms with Crippen molar-refractivity contribution >= 4 is 5.97 Å². The maximum Gasteiger partial charge on any atom is 0.342 e. The first-order valence-corrected chi connectivity index (χ1v) is 15.5.